The predicted molar refractivity (Wildman–Crippen MR) is 142 cm³/mol. The number of fused-ring (bicyclic) bond motifs is 1. The number of aliphatic hydroxyl groups excluding tert-OH is 1. The van der Waals surface area contributed by atoms with E-state index in [0.717, 1.165) is 6.07 Å². The van der Waals surface area contributed by atoms with Gasteiger partial charge in [-0.1, -0.05) is 36.9 Å². The number of methoxy groups -OCH3 is 1. The molecule has 5 N–H and O–H groups in total. The highest BCUT2D eigenvalue weighted by Crippen LogP contribution is 2.36. The van der Waals surface area contributed by atoms with Crippen LogP contribution >= 0.6 is 0 Å². The molecule has 2 aromatic carbocycles. The summed E-state index contributed by atoms with van der Waals surface area (Å²) < 4.78 is 50.9. The molecule has 0 saturated carbocycles. The van der Waals surface area contributed by atoms with Gasteiger partial charge in [0.1, 0.15) is 34.2 Å². The van der Waals surface area contributed by atoms with Gasteiger partial charge in [0.15, 0.2) is 0 Å². The van der Waals surface area contributed by atoms with E-state index < -0.39 is 36.0 Å². The van der Waals surface area contributed by atoms with E-state index in [-0.39, 0.29) is 33.9 Å². The van der Waals surface area contributed by atoms with Crippen molar-refractivity contribution in [3.63, 3.8) is 0 Å². The Bertz CT molecular complexity index is 1390. The Hall–Kier alpha value is -4.09. The molecule has 3 atom stereocenters. The van der Waals surface area contributed by atoms with Crippen LogP contribution < -0.4 is 16.2 Å². The number of nitrogens with zero attached hydrogens (tertiary/aromatic N) is 2. The van der Waals surface area contributed by atoms with Crippen molar-refractivity contribution in [3.05, 3.63) is 89.5 Å². The van der Waals surface area contributed by atoms with Crippen molar-refractivity contribution < 1.29 is 32.5 Å². The average Bonchev–Trinajstić information content (AvgIpc) is 2.92. The van der Waals surface area contributed by atoms with Gasteiger partial charge >= 0.3 is 6.18 Å². The highest BCUT2D eigenvalue weighted by Gasteiger charge is 2.33. The highest BCUT2D eigenvalue weighted by molar-refractivity contribution is 5.95. The molecule has 0 fully saturated rings. The minimum atomic E-state index is -4.65. The number of hydrogen-bond acceptors (Lipinski definition) is 7. The molecule has 11 heteroatoms. The number of hydrogen-bond donors (Lipinski definition) is 3. The zero-order valence-corrected chi connectivity index (χ0v) is 22.0. The Morgan fingerprint density at radius 1 is 1.10 bits per heavy atom. The van der Waals surface area contributed by atoms with Gasteiger partial charge in [0, 0.05) is 18.0 Å². The molecular weight excluding hydrogens is 513 g/mol. The number of ether oxygens (including phenoxy) is 2. The normalized spacial score (nSPS) is 14.7. The van der Waals surface area contributed by atoms with E-state index in [1.54, 1.807) is 44.2 Å². The van der Waals surface area contributed by atoms with Gasteiger partial charge in [0.05, 0.1) is 25.3 Å². The second-order valence-corrected chi connectivity index (χ2v) is 9.01. The van der Waals surface area contributed by atoms with Crippen molar-refractivity contribution >= 4 is 22.6 Å². The lowest BCUT2D eigenvalue weighted by Crippen LogP contribution is -2.42. The number of aliphatic hydroxyl groups is 1. The summed E-state index contributed by atoms with van der Waals surface area (Å²) >= 11 is 0. The first-order valence-corrected chi connectivity index (χ1v) is 11.9. The van der Waals surface area contributed by atoms with Crippen LogP contribution in [0, 0.1) is 0 Å². The van der Waals surface area contributed by atoms with Crippen LogP contribution in [0.2, 0.25) is 0 Å². The van der Waals surface area contributed by atoms with Gasteiger partial charge in [0.2, 0.25) is 0 Å². The van der Waals surface area contributed by atoms with Crippen molar-refractivity contribution in [2.24, 2.45) is 11.5 Å². The molecule has 0 radical (unpaired) electrons. The molecule has 208 valence electrons. The number of carbonyl (C=O) groups is 1. The number of alkyl halides is 3. The number of likely N-dealkylation sites (N-methyl/N-ethyl adjacent to an activating group) is 1. The maximum Gasteiger partial charge on any atom is 0.433 e. The van der Waals surface area contributed by atoms with Crippen molar-refractivity contribution in [1.82, 2.24) is 9.88 Å². The Morgan fingerprint density at radius 2 is 1.74 bits per heavy atom. The van der Waals surface area contributed by atoms with Gasteiger partial charge in [-0.3, -0.25) is 4.79 Å². The number of nitrogens with two attached hydrogens (primary N) is 2. The third-order valence-corrected chi connectivity index (χ3v) is 6.30. The maximum absolute atomic E-state index is 13.3. The van der Waals surface area contributed by atoms with Gasteiger partial charge in [-0.25, -0.2) is 4.98 Å². The van der Waals surface area contributed by atoms with Gasteiger partial charge in [-0.05, 0) is 43.7 Å². The predicted octanol–water partition coefficient (Wildman–Crippen LogP) is 4.35. The number of rotatable bonds is 9. The summed E-state index contributed by atoms with van der Waals surface area (Å²) in [7, 11) is 2.80. The fourth-order valence-corrected chi connectivity index (χ4v) is 3.96. The summed E-state index contributed by atoms with van der Waals surface area (Å²) in [5, 5.41) is 11.0. The summed E-state index contributed by atoms with van der Waals surface area (Å²) in [6.45, 7) is 7.11. The molecule has 0 aliphatic carbocycles. The Morgan fingerprint density at radius 3 is 2.31 bits per heavy atom. The van der Waals surface area contributed by atoms with E-state index in [0.29, 0.717) is 11.1 Å². The quantitative estimate of drug-likeness (QED) is 0.270. The smallest absolute Gasteiger partial charge is 0.433 e. The number of carbonyl (C=O) groups excluding carboxylic acids is 1. The molecule has 0 saturated heterocycles. The van der Waals surface area contributed by atoms with E-state index in [1.165, 1.54) is 31.2 Å². The van der Waals surface area contributed by atoms with E-state index in [4.69, 9.17) is 20.9 Å². The van der Waals surface area contributed by atoms with Crippen LogP contribution in [0.5, 0.6) is 5.75 Å². The Balaban J connectivity index is 1.94. The number of benzene rings is 2. The van der Waals surface area contributed by atoms with Crippen molar-refractivity contribution in [2.75, 3.05) is 14.2 Å². The standard InChI is InChI=1S/C28H31F3N4O4/c1-15(32)26(23(33)27(37)35(4)16(2)25(36)18-9-7-6-8-10-18)39-17(3)19-11-13-21(38-5)24-20(19)12-14-22(34-24)28(29,30)31/h6-16,25,36H,3,32-33H2,1-2,4-5H3/b26-23-. The minimum absolute atomic E-state index is 0.0210. The van der Waals surface area contributed by atoms with E-state index in [1.807, 2.05) is 6.07 Å². The van der Waals surface area contributed by atoms with Crippen LogP contribution in [-0.4, -0.2) is 47.1 Å². The van der Waals surface area contributed by atoms with Crippen LogP contribution in [0.15, 0.2) is 72.6 Å². The molecule has 3 rings (SSSR count). The first-order chi connectivity index (χ1) is 18.3. The third-order valence-electron chi connectivity index (χ3n) is 6.30. The summed E-state index contributed by atoms with van der Waals surface area (Å²) in [6, 6.07) is 12.4. The minimum Gasteiger partial charge on any atom is -0.494 e. The maximum atomic E-state index is 13.3. The van der Waals surface area contributed by atoms with Crippen molar-refractivity contribution in [2.45, 2.75) is 38.2 Å². The SMILES string of the molecule is C=C(O/C(=C(\N)C(=O)N(C)C(C)C(O)c1ccccc1)C(C)N)c1ccc(OC)c2nc(C(F)(F)F)ccc12. The first-order valence-electron chi connectivity index (χ1n) is 11.9. The first kappa shape index (κ1) is 29.5. The summed E-state index contributed by atoms with van der Waals surface area (Å²) in [4.78, 5) is 18.2. The molecule has 39 heavy (non-hydrogen) atoms. The summed E-state index contributed by atoms with van der Waals surface area (Å²) in [5.41, 5.74) is 11.7. The zero-order chi connectivity index (χ0) is 29.1. The Labute approximate surface area is 224 Å². The highest BCUT2D eigenvalue weighted by atomic mass is 19.4. The topological polar surface area (TPSA) is 124 Å². The molecule has 0 bridgehead atoms. The van der Waals surface area contributed by atoms with Crippen LogP contribution in [0.4, 0.5) is 13.2 Å². The van der Waals surface area contributed by atoms with Crippen LogP contribution in [0.3, 0.4) is 0 Å². The van der Waals surface area contributed by atoms with Crippen LogP contribution in [-0.2, 0) is 15.7 Å². The molecule has 8 nitrogen and oxygen atoms in total. The largest absolute Gasteiger partial charge is 0.494 e. The van der Waals surface area contributed by atoms with Crippen molar-refractivity contribution in [3.8, 4) is 5.75 Å². The molecular formula is C28H31F3N4O4. The molecule has 0 aliphatic heterocycles. The Kier molecular flexibility index (Phi) is 8.88. The molecule has 3 unspecified atom stereocenters. The van der Waals surface area contributed by atoms with Crippen LogP contribution in [0.25, 0.3) is 16.7 Å². The lowest BCUT2D eigenvalue weighted by atomic mass is 10.0. The van der Waals surface area contributed by atoms with Gasteiger partial charge in [0.25, 0.3) is 5.91 Å². The number of amides is 1. The van der Waals surface area contributed by atoms with E-state index in [9.17, 15) is 23.1 Å². The van der Waals surface area contributed by atoms with Gasteiger partial charge in [-0.2, -0.15) is 13.2 Å². The molecule has 1 heterocycles. The number of pyridine rings is 1. The summed E-state index contributed by atoms with van der Waals surface area (Å²) in [6.07, 6.45) is -5.64. The summed E-state index contributed by atoms with van der Waals surface area (Å²) in [5.74, 6) is -0.638. The second-order valence-electron chi connectivity index (χ2n) is 9.01. The number of halogens is 3. The molecule has 1 aromatic heterocycles. The molecule has 3 aromatic rings. The monoisotopic (exact) mass is 544 g/mol. The third kappa shape index (κ3) is 6.32. The molecule has 1 amide bonds. The zero-order valence-electron chi connectivity index (χ0n) is 22.0. The fourth-order valence-electron chi connectivity index (χ4n) is 3.96. The second kappa shape index (κ2) is 11.7. The lowest BCUT2D eigenvalue weighted by Gasteiger charge is -2.30. The van der Waals surface area contributed by atoms with Crippen molar-refractivity contribution in [1.29, 1.82) is 0 Å². The lowest BCUT2D eigenvalue weighted by molar-refractivity contribution is -0.141. The van der Waals surface area contributed by atoms with E-state index >= 15 is 0 Å². The number of aromatic nitrogens is 1. The van der Waals surface area contributed by atoms with Crippen LogP contribution in [0.1, 0.15) is 36.8 Å². The average molecular weight is 545 g/mol. The van der Waals surface area contributed by atoms with Gasteiger partial charge < -0.3 is 30.9 Å². The molecule has 0 aliphatic rings. The fraction of sp³-hybridized carbons (Fsp3) is 0.286. The molecule has 0 spiro atoms. The van der Waals surface area contributed by atoms with E-state index in [2.05, 4.69) is 11.6 Å². The van der Waals surface area contributed by atoms with Gasteiger partial charge in [-0.15, -0.1) is 0 Å².